The molecule has 2 aromatic carbocycles. The SMILES string of the molecule is CN(CCOc1ccc(F)cc1)C(=O)/C=C/c1nnc2c3ccccc3cnn12. The van der Waals surface area contributed by atoms with Gasteiger partial charge in [-0.2, -0.15) is 9.61 Å². The van der Waals surface area contributed by atoms with Crippen molar-refractivity contribution in [1.29, 1.82) is 0 Å². The highest BCUT2D eigenvalue weighted by molar-refractivity contribution is 5.94. The summed E-state index contributed by atoms with van der Waals surface area (Å²) in [5.74, 6) is 0.495. The summed E-state index contributed by atoms with van der Waals surface area (Å²) in [7, 11) is 1.67. The maximum absolute atomic E-state index is 12.9. The number of aromatic nitrogens is 4. The average molecular weight is 391 g/mol. The van der Waals surface area contributed by atoms with Crippen LogP contribution < -0.4 is 4.74 Å². The van der Waals surface area contributed by atoms with Gasteiger partial charge in [-0.15, -0.1) is 10.2 Å². The summed E-state index contributed by atoms with van der Waals surface area (Å²) in [6.45, 7) is 0.674. The van der Waals surface area contributed by atoms with Gasteiger partial charge in [-0.1, -0.05) is 24.3 Å². The van der Waals surface area contributed by atoms with Crippen molar-refractivity contribution in [3.63, 3.8) is 0 Å². The van der Waals surface area contributed by atoms with Crippen LogP contribution in [-0.4, -0.2) is 50.8 Å². The number of nitrogens with zero attached hydrogens (tertiary/aromatic N) is 5. The van der Waals surface area contributed by atoms with Gasteiger partial charge in [0.15, 0.2) is 11.5 Å². The maximum Gasteiger partial charge on any atom is 0.246 e. The second kappa shape index (κ2) is 8.05. The monoisotopic (exact) mass is 391 g/mol. The first kappa shape index (κ1) is 18.5. The van der Waals surface area contributed by atoms with Crippen LogP contribution in [-0.2, 0) is 4.79 Å². The number of hydrogen-bond acceptors (Lipinski definition) is 5. The molecule has 0 aliphatic carbocycles. The first-order valence-corrected chi connectivity index (χ1v) is 9.02. The van der Waals surface area contributed by atoms with Gasteiger partial charge < -0.3 is 9.64 Å². The van der Waals surface area contributed by atoms with Gasteiger partial charge in [0, 0.05) is 23.9 Å². The van der Waals surface area contributed by atoms with Crippen molar-refractivity contribution in [1.82, 2.24) is 24.7 Å². The number of likely N-dealkylation sites (N-methyl/N-ethyl adjacent to an activating group) is 1. The van der Waals surface area contributed by atoms with E-state index in [0.717, 1.165) is 10.8 Å². The summed E-state index contributed by atoms with van der Waals surface area (Å²) in [5, 5.41) is 14.6. The molecule has 2 aromatic heterocycles. The molecule has 0 fully saturated rings. The second-order valence-electron chi connectivity index (χ2n) is 6.42. The van der Waals surface area contributed by atoms with Gasteiger partial charge in [-0.05, 0) is 30.3 Å². The molecule has 0 bridgehead atoms. The topological polar surface area (TPSA) is 72.6 Å². The molecule has 0 N–H and O–H groups in total. The van der Waals surface area contributed by atoms with Crippen LogP contribution in [0.3, 0.4) is 0 Å². The van der Waals surface area contributed by atoms with E-state index in [9.17, 15) is 9.18 Å². The Morgan fingerprint density at radius 3 is 2.79 bits per heavy atom. The summed E-state index contributed by atoms with van der Waals surface area (Å²) in [6.07, 6.45) is 4.75. The number of rotatable bonds is 6. The molecule has 2 heterocycles. The molecule has 29 heavy (non-hydrogen) atoms. The number of carbonyl (C=O) groups is 1. The van der Waals surface area contributed by atoms with Crippen LogP contribution in [0.15, 0.2) is 60.8 Å². The standard InChI is InChI=1S/C21H18FN5O2/c1-26(12-13-29-17-8-6-16(22)7-9-17)20(28)11-10-19-24-25-21-18-5-3-2-4-15(18)14-23-27(19)21/h2-11,14H,12-13H2,1H3/b11-10+. The molecule has 0 saturated heterocycles. The van der Waals surface area contributed by atoms with Gasteiger partial charge in [0.25, 0.3) is 0 Å². The first-order chi connectivity index (χ1) is 14.1. The minimum atomic E-state index is -0.321. The smallest absolute Gasteiger partial charge is 0.246 e. The fraction of sp³-hybridized carbons (Fsp3) is 0.143. The third-order valence-electron chi connectivity index (χ3n) is 4.44. The summed E-state index contributed by atoms with van der Waals surface area (Å²) in [5.41, 5.74) is 0.635. The largest absolute Gasteiger partial charge is 0.492 e. The zero-order valence-electron chi connectivity index (χ0n) is 15.7. The van der Waals surface area contributed by atoms with Crippen molar-refractivity contribution >= 4 is 28.4 Å². The van der Waals surface area contributed by atoms with Crippen LogP contribution in [0.4, 0.5) is 4.39 Å². The molecule has 0 saturated carbocycles. The van der Waals surface area contributed by atoms with E-state index in [4.69, 9.17) is 4.74 Å². The van der Waals surface area contributed by atoms with E-state index in [2.05, 4.69) is 15.3 Å². The van der Waals surface area contributed by atoms with Gasteiger partial charge >= 0.3 is 0 Å². The molecule has 4 rings (SSSR count). The van der Waals surface area contributed by atoms with Crippen molar-refractivity contribution in [3.05, 3.63) is 72.4 Å². The summed E-state index contributed by atoms with van der Waals surface area (Å²) in [6, 6.07) is 13.5. The highest BCUT2D eigenvalue weighted by Crippen LogP contribution is 2.17. The zero-order valence-corrected chi connectivity index (χ0v) is 15.7. The quantitative estimate of drug-likeness (QED) is 0.473. The molecule has 146 valence electrons. The molecule has 0 aliphatic heterocycles. The van der Waals surface area contributed by atoms with Crippen LogP contribution in [0, 0.1) is 5.82 Å². The molecule has 7 nitrogen and oxygen atoms in total. The lowest BCUT2D eigenvalue weighted by Gasteiger charge is -2.15. The van der Waals surface area contributed by atoms with E-state index in [0.29, 0.717) is 30.4 Å². The van der Waals surface area contributed by atoms with Crippen LogP contribution in [0.1, 0.15) is 5.82 Å². The minimum absolute atomic E-state index is 0.203. The van der Waals surface area contributed by atoms with Crippen molar-refractivity contribution in [3.8, 4) is 5.75 Å². The van der Waals surface area contributed by atoms with Crippen molar-refractivity contribution in [2.75, 3.05) is 20.2 Å². The molecular formula is C21H18FN5O2. The number of benzene rings is 2. The van der Waals surface area contributed by atoms with E-state index in [1.54, 1.807) is 36.0 Å². The van der Waals surface area contributed by atoms with Crippen molar-refractivity contribution in [2.45, 2.75) is 0 Å². The second-order valence-corrected chi connectivity index (χ2v) is 6.42. The first-order valence-electron chi connectivity index (χ1n) is 9.02. The molecule has 0 atom stereocenters. The minimum Gasteiger partial charge on any atom is -0.492 e. The number of ether oxygens (including phenoxy) is 1. The van der Waals surface area contributed by atoms with E-state index in [1.807, 2.05) is 24.3 Å². The van der Waals surface area contributed by atoms with Crippen LogP contribution in [0.25, 0.3) is 22.5 Å². The fourth-order valence-corrected chi connectivity index (χ4v) is 2.83. The van der Waals surface area contributed by atoms with Crippen LogP contribution in [0.2, 0.25) is 0 Å². The van der Waals surface area contributed by atoms with E-state index < -0.39 is 0 Å². The molecule has 1 amide bonds. The van der Waals surface area contributed by atoms with Gasteiger partial charge in [0.05, 0.1) is 12.7 Å². The lowest BCUT2D eigenvalue weighted by molar-refractivity contribution is -0.125. The molecule has 0 radical (unpaired) electrons. The van der Waals surface area contributed by atoms with Gasteiger partial charge in [0.1, 0.15) is 18.2 Å². The molecule has 4 aromatic rings. The highest BCUT2D eigenvalue weighted by atomic mass is 19.1. The summed E-state index contributed by atoms with van der Waals surface area (Å²) >= 11 is 0. The van der Waals surface area contributed by atoms with Crippen LogP contribution in [0.5, 0.6) is 5.75 Å². The molecular weight excluding hydrogens is 373 g/mol. The lowest BCUT2D eigenvalue weighted by Crippen LogP contribution is -2.29. The Balaban J connectivity index is 1.39. The third kappa shape index (κ3) is 4.06. The Hall–Kier alpha value is -3.81. The number of fused-ring (bicyclic) bond motifs is 3. The Bertz CT molecular complexity index is 1190. The fourth-order valence-electron chi connectivity index (χ4n) is 2.83. The van der Waals surface area contributed by atoms with Crippen molar-refractivity contribution in [2.24, 2.45) is 0 Å². The Kier molecular flexibility index (Phi) is 5.15. The normalized spacial score (nSPS) is 11.4. The lowest BCUT2D eigenvalue weighted by atomic mass is 10.2. The molecule has 0 unspecified atom stereocenters. The maximum atomic E-state index is 12.9. The predicted octanol–water partition coefficient (Wildman–Crippen LogP) is 2.97. The number of halogens is 1. The Morgan fingerprint density at radius 2 is 1.97 bits per heavy atom. The van der Waals surface area contributed by atoms with Gasteiger partial charge in [-0.3, -0.25) is 4.79 Å². The van der Waals surface area contributed by atoms with Gasteiger partial charge in [-0.25, -0.2) is 4.39 Å². The Morgan fingerprint density at radius 1 is 1.17 bits per heavy atom. The number of hydrogen-bond donors (Lipinski definition) is 0. The molecule has 8 heteroatoms. The van der Waals surface area contributed by atoms with Crippen molar-refractivity contribution < 1.29 is 13.9 Å². The average Bonchev–Trinajstić information content (AvgIpc) is 3.17. The Labute approximate surface area is 166 Å². The van der Waals surface area contributed by atoms with E-state index in [1.165, 1.54) is 23.1 Å². The van der Waals surface area contributed by atoms with Crippen LogP contribution >= 0.6 is 0 Å². The summed E-state index contributed by atoms with van der Waals surface area (Å²) < 4.78 is 20.0. The molecule has 0 aliphatic rings. The number of amides is 1. The summed E-state index contributed by atoms with van der Waals surface area (Å²) in [4.78, 5) is 13.8. The van der Waals surface area contributed by atoms with Gasteiger partial charge in [0.2, 0.25) is 5.91 Å². The predicted molar refractivity (Wildman–Crippen MR) is 107 cm³/mol. The third-order valence-corrected chi connectivity index (χ3v) is 4.44. The highest BCUT2D eigenvalue weighted by Gasteiger charge is 2.09. The zero-order chi connectivity index (χ0) is 20.2. The van der Waals surface area contributed by atoms with E-state index >= 15 is 0 Å². The molecule has 0 spiro atoms. The number of carbonyl (C=O) groups excluding carboxylic acids is 1. The van der Waals surface area contributed by atoms with E-state index in [-0.39, 0.29) is 11.7 Å².